The largest absolute Gasteiger partial charge is 0.388 e. The number of aliphatic hydroxyl groups is 1. The molecular weight excluding hydrogens is 216 g/mol. The fourth-order valence-electron chi connectivity index (χ4n) is 1.93. The molecule has 4 heteroatoms. The van der Waals surface area contributed by atoms with Gasteiger partial charge in [-0.25, -0.2) is 0 Å². The average molecular weight is 228 g/mol. The van der Waals surface area contributed by atoms with E-state index in [1.54, 1.807) is 11.8 Å². The number of fused-ring (bicyclic) bond motifs is 1. The van der Waals surface area contributed by atoms with Gasteiger partial charge in [-0.2, -0.15) is 0 Å². The van der Waals surface area contributed by atoms with Gasteiger partial charge < -0.3 is 5.11 Å². The lowest BCUT2D eigenvalue weighted by atomic mass is 9.92. The van der Waals surface area contributed by atoms with E-state index in [2.05, 4.69) is 0 Å². The van der Waals surface area contributed by atoms with Gasteiger partial charge in [0.15, 0.2) is 6.29 Å². The van der Waals surface area contributed by atoms with Gasteiger partial charge in [-0.3, -0.25) is 4.79 Å². The highest BCUT2D eigenvalue weighted by atomic mass is 32.2. The molecule has 0 saturated carbocycles. The monoisotopic (exact) mass is 228 g/mol. The molecule has 1 heterocycles. The van der Waals surface area contributed by atoms with Gasteiger partial charge in [0.05, 0.1) is 15.2 Å². The Morgan fingerprint density at radius 3 is 3.07 bits per heavy atom. The first-order chi connectivity index (χ1) is 6.77. The third-order valence-electron chi connectivity index (χ3n) is 2.58. The van der Waals surface area contributed by atoms with Crippen LogP contribution in [0.2, 0.25) is 0 Å². The molecule has 76 valence electrons. The number of hydrogen-bond donors (Lipinski definition) is 1. The minimum atomic E-state index is -0.355. The second-order valence-electron chi connectivity index (χ2n) is 3.38. The maximum absolute atomic E-state index is 10.8. The zero-order valence-corrected chi connectivity index (χ0v) is 9.58. The first kappa shape index (κ1) is 10.2. The molecule has 1 aliphatic carbocycles. The lowest BCUT2D eigenvalue weighted by Gasteiger charge is -2.19. The Hall–Kier alpha value is -0.320. The van der Waals surface area contributed by atoms with Crippen molar-refractivity contribution < 1.29 is 9.90 Å². The van der Waals surface area contributed by atoms with Crippen molar-refractivity contribution in [3.05, 3.63) is 16.0 Å². The lowest BCUT2D eigenvalue weighted by molar-refractivity contribution is 0.112. The number of rotatable bonds is 2. The van der Waals surface area contributed by atoms with Crippen molar-refractivity contribution >= 4 is 29.4 Å². The summed E-state index contributed by atoms with van der Waals surface area (Å²) >= 11 is 3.14. The van der Waals surface area contributed by atoms with Crippen LogP contribution in [0, 0.1) is 0 Å². The number of thiophene rings is 1. The predicted octanol–water partition coefficient (Wildman–Crippen LogP) is 2.65. The summed E-state index contributed by atoms with van der Waals surface area (Å²) < 4.78 is 1.11. The Bertz CT molecular complexity index is 357. The summed E-state index contributed by atoms with van der Waals surface area (Å²) in [6.45, 7) is 0. The second-order valence-corrected chi connectivity index (χ2v) is 5.50. The highest BCUT2D eigenvalue weighted by Crippen LogP contribution is 2.42. The van der Waals surface area contributed by atoms with E-state index in [1.165, 1.54) is 11.3 Å². The number of aldehydes is 1. The smallest absolute Gasteiger partial charge is 0.160 e. The Morgan fingerprint density at radius 1 is 1.64 bits per heavy atom. The highest BCUT2D eigenvalue weighted by Gasteiger charge is 2.26. The fraction of sp³-hybridized carbons (Fsp3) is 0.500. The molecule has 0 saturated heterocycles. The molecule has 1 aromatic rings. The van der Waals surface area contributed by atoms with E-state index in [0.717, 1.165) is 45.8 Å². The molecule has 0 radical (unpaired) electrons. The minimum absolute atomic E-state index is 0.355. The van der Waals surface area contributed by atoms with Gasteiger partial charge >= 0.3 is 0 Å². The summed E-state index contributed by atoms with van der Waals surface area (Å²) in [6.07, 6.45) is 5.31. The minimum Gasteiger partial charge on any atom is -0.388 e. The topological polar surface area (TPSA) is 37.3 Å². The molecule has 1 unspecified atom stereocenters. The molecule has 1 atom stereocenters. The molecule has 2 nitrogen and oxygen atoms in total. The summed E-state index contributed by atoms with van der Waals surface area (Å²) in [5, 5.41) is 9.86. The van der Waals surface area contributed by atoms with E-state index in [-0.39, 0.29) is 6.10 Å². The Kier molecular flexibility index (Phi) is 2.95. The molecule has 1 N–H and O–H groups in total. The van der Waals surface area contributed by atoms with Gasteiger partial charge in [-0.05, 0) is 31.1 Å². The maximum atomic E-state index is 10.8. The highest BCUT2D eigenvalue weighted by molar-refractivity contribution is 8.00. The molecule has 1 aliphatic rings. The van der Waals surface area contributed by atoms with Crippen LogP contribution in [0.5, 0.6) is 0 Å². The normalized spacial score (nSPS) is 20.6. The molecule has 0 amide bonds. The zero-order valence-electron chi connectivity index (χ0n) is 7.95. The van der Waals surface area contributed by atoms with Gasteiger partial charge in [-0.15, -0.1) is 23.1 Å². The van der Waals surface area contributed by atoms with Crippen molar-refractivity contribution in [2.45, 2.75) is 29.6 Å². The summed E-state index contributed by atoms with van der Waals surface area (Å²) in [5.74, 6) is 0. The van der Waals surface area contributed by atoms with Crippen molar-refractivity contribution in [1.29, 1.82) is 0 Å². The van der Waals surface area contributed by atoms with E-state index in [4.69, 9.17) is 0 Å². The van der Waals surface area contributed by atoms with Gasteiger partial charge in [-0.1, -0.05) is 0 Å². The van der Waals surface area contributed by atoms with Crippen LogP contribution in [0.15, 0.2) is 4.21 Å². The number of aliphatic hydroxyl groups excluding tert-OH is 1. The van der Waals surface area contributed by atoms with E-state index < -0.39 is 0 Å². The van der Waals surface area contributed by atoms with Crippen LogP contribution in [0.1, 0.15) is 39.7 Å². The van der Waals surface area contributed by atoms with Crippen molar-refractivity contribution in [3.63, 3.8) is 0 Å². The van der Waals surface area contributed by atoms with Crippen LogP contribution >= 0.6 is 23.1 Å². The van der Waals surface area contributed by atoms with Crippen LogP contribution in [0.4, 0.5) is 0 Å². The molecule has 1 aromatic heterocycles. The summed E-state index contributed by atoms with van der Waals surface area (Å²) in [4.78, 5) is 11.6. The van der Waals surface area contributed by atoms with Crippen LogP contribution in [-0.2, 0) is 6.42 Å². The van der Waals surface area contributed by atoms with Gasteiger partial charge in [0.25, 0.3) is 0 Å². The quantitative estimate of drug-likeness (QED) is 0.624. The summed E-state index contributed by atoms with van der Waals surface area (Å²) in [7, 11) is 0. The van der Waals surface area contributed by atoms with Crippen LogP contribution < -0.4 is 0 Å². The third-order valence-corrected chi connectivity index (χ3v) is 4.88. The molecule has 14 heavy (non-hydrogen) atoms. The Balaban J connectivity index is 2.55. The zero-order chi connectivity index (χ0) is 10.1. The fourth-order valence-corrected chi connectivity index (χ4v) is 3.96. The van der Waals surface area contributed by atoms with Crippen molar-refractivity contribution in [3.8, 4) is 0 Å². The number of thioether (sulfide) groups is 1. The first-order valence-corrected chi connectivity index (χ1v) is 6.64. The molecule has 0 aromatic carbocycles. The number of hydrogen-bond acceptors (Lipinski definition) is 4. The summed E-state index contributed by atoms with van der Waals surface area (Å²) in [5.41, 5.74) is 2.11. The predicted molar refractivity (Wildman–Crippen MR) is 59.4 cm³/mol. The Morgan fingerprint density at radius 2 is 2.43 bits per heavy atom. The molecule has 0 fully saturated rings. The van der Waals surface area contributed by atoms with Gasteiger partial charge in [0, 0.05) is 5.56 Å². The number of carbonyl (C=O) groups excluding carboxylic acids is 1. The van der Waals surface area contributed by atoms with Crippen LogP contribution in [0.3, 0.4) is 0 Å². The van der Waals surface area contributed by atoms with Crippen LogP contribution in [-0.4, -0.2) is 17.6 Å². The molecule has 0 spiro atoms. The van der Waals surface area contributed by atoms with Crippen LogP contribution in [0.25, 0.3) is 0 Å². The number of carbonyl (C=O) groups is 1. The second kappa shape index (κ2) is 4.04. The standard InChI is InChI=1S/C10H12O2S2/c1-13-10-9-6(8(5-11)14-10)3-2-4-7(9)12/h5,7,12H,2-4H2,1H3. The van der Waals surface area contributed by atoms with E-state index in [1.807, 2.05) is 6.26 Å². The molecule has 2 rings (SSSR count). The molecule has 0 aliphatic heterocycles. The SMILES string of the molecule is CSc1sc(C=O)c2c1C(O)CCC2. The van der Waals surface area contributed by atoms with Crippen molar-refractivity contribution in [2.75, 3.05) is 6.26 Å². The van der Waals surface area contributed by atoms with Gasteiger partial charge in [0.1, 0.15) is 0 Å². The molecular formula is C10H12O2S2. The molecule has 0 bridgehead atoms. The first-order valence-electron chi connectivity index (χ1n) is 4.60. The Labute approximate surface area is 91.3 Å². The van der Waals surface area contributed by atoms with Gasteiger partial charge in [0.2, 0.25) is 0 Å². The lowest BCUT2D eigenvalue weighted by Crippen LogP contribution is -2.08. The van der Waals surface area contributed by atoms with Crippen molar-refractivity contribution in [1.82, 2.24) is 0 Å². The average Bonchev–Trinajstić information content (AvgIpc) is 2.57. The van der Waals surface area contributed by atoms with E-state index >= 15 is 0 Å². The third kappa shape index (κ3) is 1.51. The summed E-state index contributed by atoms with van der Waals surface area (Å²) in [6, 6.07) is 0. The maximum Gasteiger partial charge on any atom is 0.160 e. The van der Waals surface area contributed by atoms with Crippen molar-refractivity contribution in [2.24, 2.45) is 0 Å². The van der Waals surface area contributed by atoms with E-state index in [9.17, 15) is 9.90 Å². The van der Waals surface area contributed by atoms with E-state index in [0.29, 0.717) is 0 Å².